The van der Waals surface area contributed by atoms with Gasteiger partial charge in [0.05, 0.1) is 24.8 Å². The van der Waals surface area contributed by atoms with Gasteiger partial charge in [0, 0.05) is 19.2 Å². The first-order valence-corrected chi connectivity index (χ1v) is 10.9. The third kappa shape index (κ3) is 5.64. The van der Waals surface area contributed by atoms with Gasteiger partial charge in [0.15, 0.2) is 0 Å². The van der Waals surface area contributed by atoms with Crippen LogP contribution in [0.4, 0.5) is 23.0 Å². The Kier molecular flexibility index (Phi) is 7.37. The first kappa shape index (κ1) is 23.5. The largest absolute Gasteiger partial charge is 0.497 e. The molecule has 0 aliphatic carbocycles. The van der Waals surface area contributed by atoms with E-state index in [0.29, 0.717) is 30.3 Å². The molecular weight excluding hydrogens is 446 g/mol. The van der Waals surface area contributed by atoms with Crippen molar-refractivity contribution >= 4 is 23.0 Å². The molecule has 0 unspecified atom stereocenters. The second-order valence-electron chi connectivity index (χ2n) is 7.67. The fraction of sp³-hybridized carbons (Fsp3) is 0.154. The van der Waals surface area contributed by atoms with Crippen molar-refractivity contribution in [3.05, 3.63) is 106 Å². The minimum atomic E-state index is -0.462. The van der Waals surface area contributed by atoms with Crippen molar-refractivity contribution in [2.75, 3.05) is 24.4 Å². The number of rotatable bonds is 10. The maximum absolute atomic E-state index is 12.3. The Hall–Kier alpha value is -4.66. The summed E-state index contributed by atoms with van der Waals surface area (Å²) in [6.45, 7) is 0.859. The Bertz CT molecular complexity index is 1240. The van der Waals surface area contributed by atoms with Crippen molar-refractivity contribution in [2.45, 2.75) is 13.1 Å². The van der Waals surface area contributed by atoms with Crippen molar-refractivity contribution in [3.63, 3.8) is 0 Å². The predicted molar refractivity (Wildman–Crippen MR) is 134 cm³/mol. The number of nitrogens with one attached hydrogen (secondary N) is 1. The highest BCUT2D eigenvalue weighted by Crippen LogP contribution is 2.38. The second-order valence-corrected chi connectivity index (χ2v) is 7.67. The number of hydrogen-bond donors (Lipinski definition) is 1. The van der Waals surface area contributed by atoms with Gasteiger partial charge in [-0.25, -0.2) is 9.97 Å². The number of nitro groups is 1. The minimum absolute atomic E-state index is 0.0644. The van der Waals surface area contributed by atoms with E-state index < -0.39 is 4.92 Å². The summed E-state index contributed by atoms with van der Waals surface area (Å²) < 4.78 is 10.7. The number of methoxy groups -OCH3 is 2. The molecule has 0 saturated heterocycles. The highest BCUT2D eigenvalue weighted by atomic mass is 16.6. The van der Waals surface area contributed by atoms with E-state index in [2.05, 4.69) is 15.3 Å². The molecule has 4 aromatic rings. The van der Waals surface area contributed by atoms with Gasteiger partial charge >= 0.3 is 5.69 Å². The van der Waals surface area contributed by atoms with Gasteiger partial charge < -0.3 is 19.7 Å². The van der Waals surface area contributed by atoms with Crippen molar-refractivity contribution in [3.8, 4) is 11.5 Å². The van der Waals surface area contributed by atoms with Gasteiger partial charge in [0.2, 0.25) is 11.6 Å². The van der Waals surface area contributed by atoms with Gasteiger partial charge in [-0.05, 0) is 23.3 Å². The summed E-state index contributed by atoms with van der Waals surface area (Å²) in [7, 11) is 3.07. The molecule has 9 heteroatoms. The molecule has 0 atom stereocenters. The lowest BCUT2D eigenvalue weighted by Gasteiger charge is -2.24. The Morgan fingerprint density at radius 2 is 1.51 bits per heavy atom. The van der Waals surface area contributed by atoms with Crippen LogP contribution in [0.2, 0.25) is 0 Å². The Balaban J connectivity index is 1.76. The highest BCUT2D eigenvalue weighted by molar-refractivity contribution is 5.77. The van der Waals surface area contributed by atoms with Gasteiger partial charge in [-0.1, -0.05) is 60.7 Å². The zero-order valence-electron chi connectivity index (χ0n) is 19.4. The van der Waals surface area contributed by atoms with E-state index in [4.69, 9.17) is 9.47 Å². The summed E-state index contributed by atoms with van der Waals surface area (Å²) in [4.78, 5) is 22.3. The standard InChI is InChI=1S/C26H25N5O4/c1-34-21-13-14-22(23(15-21)35-2)29-25-24(31(32)33)26(28-18-27-25)30(16-19-9-5-3-6-10-19)17-20-11-7-4-8-12-20/h3-15,18H,16-17H2,1-2H3,(H,27,28,29). The topological polar surface area (TPSA) is 103 Å². The molecule has 0 aliphatic heterocycles. The molecule has 35 heavy (non-hydrogen) atoms. The summed E-state index contributed by atoms with van der Waals surface area (Å²) in [5.41, 5.74) is 2.29. The Morgan fingerprint density at radius 1 is 0.886 bits per heavy atom. The van der Waals surface area contributed by atoms with Gasteiger partial charge in [-0.15, -0.1) is 0 Å². The molecule has 0 amide bonds. The van der Waals surface area contributed by atoms with E-state index in [1.807, 2.05) is 65.6 Å². The van der Waals surface area contributed by atoms with Gasteiger partial charge in [0.1, 0.15) is 17.8 Å². The molecule has 0 radical (unpaired) electrons. The maximum atomic E-state index is 12.3. The molecule has 1 heterocycles. The van der Waals surface area contributed by atoms with Crippen LogP contribution in [0, 0.1) is 10.1 Å². The molecule has 0 bridgehead atoms. The van der Waals surface area contributed by atoms with E-state index in [1.165, 1.54) is 13.4 Å². The van der Waals surface area contributed by atoms with Gasteiger partial charge in [-0.3, -0.25) is 10.1 Å². The van der Waals surface area contributed by atoms with Crippen molar-refractivity contribution < 1.29 is 14.4 Å². The summed E-state index contributed by atoms with van der Waals surface area (Å²) in [6, 6.07) is 24.7. The van der Waals surface area contributed by atoms with Crippen LogP contribution in [0.1, 0.15) is 11.1 Å². The molecule has 1 aromatic heterocycles. The Labute approximate surface area is 203 Å². The monoisotopic (exact) mass is 471 g/mol. The van der Waals surface area contributed by atoms with Gasteiger partial charge in [-0.2, -0.15) is 0 Å². The molecule has 0 saturated carbocycles. The zero-order valence-corrected chi connectivity index (χ0v) is 19.4. The minimum Gasteiger partial charge on any atom is -0.497 e. The van der Waals surface area contributed by atoms with Crippen LogP contribution in [-0.2, 0) is 13.1 Å². The van der Waals surface area contributed by atoms with Crippen LogP contribution in [0.15, 0.2) is 85.2 Å². The summed E-state index contributed by atoms with van der Waals surface area (Å²) in [6.07, 6.45) is 1.32. The molecule has 178 valence electrons. The van der Waals surface area contributed by atoms with E-state index >= 15 is 0 Å². The normalized spacial score (nSPS) is 10.5. The number of benzene rings is 3. The fourth-order valence-corrected chi connectivity index (χ4v) is 3.70. The van der Waals surface area contributed by atoms with Gasteiger partial charge in [0.25, 0.3) is 0 Å². The van der Waals surface area contributed by atoms with Crippen LogP contribution in [-0.4, -0.2) is 29.1 Å². The molecule has 4 rings (SSSR count). The lowest BCUT2D eigenvalue weighted by molar-refractivity contribution is -0.383. The summed E-state index contributed by atoms with van der Waals surface area (Å²) in [5, 5.41) is 15.4. The number of hydrogen-bond acceptors (Lipinski definition) is 8. The van der Waals surface area contributed by atoms with Crippen LogP contribution in [0.3, 0.4) is 0 Å². The van der Waals surface area contributed by atoms with Crippen LogP contribution in [0.25, 0.3) is 0 Å². The lowest BCUT2D eigenvalue weighted by Crippen LogP contribution is -2.24. The number of nitrogens with zero attached hydrogens (tertiary/aromatic N) is 4. The first-order chi connectivity index (χ1) is 17.1. The smallest absolute Gasteiger partial charge is 0.353 e. The van der Waals surface area contributed by atoms with Crippen LogP contribution >= 0.6 is 0 Å². The second kappa shape index (κ2) is 11.0. The summed E-state index contributed by atoms with van der Waals surface area (Å²) in [5.74, 6) is 1.34. The molecule has 0 fully saturated rings. The molecule has 0 aliphatic rings. The van der Waals surface area contributed by atoms with E-state index in [-0.39, 0.29) is 17.3 Å². The molecule has 3 aromatic carbocycles. The molecule has 0 spiro atoms. The molecule has 9 nitrogen and oxygen atoms in total. The Morgan fingerprint density at radius 3 is 2.06 bits per heavy atom. The molecule has 1 N–H and O–H groups in total. The number of anilines is 3. The van der Waals surface area contributed by atoms with E-state index in [1.54, 1.807) is 25.3 Å². The van der Waals surface area contributed by atoms with Crippen LogP contribution in [0.5, 0.6) is 11.5 Å². The average molecular weight is 472 g/mol. The van der Waals surface area contributed by atoms with Crippen LogP contribution < -0.4 is 19.7 Å². The highest BCUT2D eigenvalue weighted by Gasteiger charge is 2.28. The third-order valence-electron chi connectivity index (χ3n) is 5.38. The average Bonchev–Trinajstić information content (AvgIpc) is 2.89. The predicted octanol–water partition coefficient (Wildman–Crippen LogP) is 5.35. The van der Waals surface area contributed by atoms with E-state index in [0.717, 1.165) is 11.1 Å². The number of ether oxygens (including phenoxy) is 2. The quantitative estimate of drug-likeness (QED) is 0.244. The lowest BCUT2D eigenvalue weighted by atomic mass is 10.1. The molecular formula is C26H25N5O4. The van der Waals surface area contributed by atoms with E-state index in [9.17, 15) is 10.1 Å². The van der Waals surface area contributed by atoms with Crippen molar-refractivity contribution in [1.82, 2.24) is 9.97 Å². The van der Waals surface area contributed by atoms with Crippen molar-refractivity contribution in [2.24, 2.45) is 0 Å². The maximum Gasteiger partial charge on any atom is 0.353 e. The van der Waals surface area contributed by atoms with Crippen molar-refractivity contribution in [1.29, 1.82) is 0 Å². The number of aromatic nitrogens is 2. The zero-order chi connectivity index (χ0) is 24.6. The SMILES string of the molecule is COc1ccc(Nc2ncnc(N(Cc3ccccc3)Cc3ccccc3)c2[N+](=O)[O-])c(OC)c1. The fourth-order valence-electron chi connectivity index (χ4n) is 3.70. The first-order valence-electron chi connectivity index (χ1n) is 10.9. The third-order valence-corrected chi connectivity index (χ3v) is 5.38. The summed E-state index contributed by atoms with van der Waals surface area (Å²) >= 11 is 0.